The number of benzene rings is 2. The van der Waals surface area contributed by atoms with Crippen molar-refractivity contribution in [3.05, 3.63) is 145 Å². The molecule has 0 aliphatic heterocycles. The number of aromatic nitrogens is 6. The van der Waals surface area contributed by atoms with Gasteiger partial charge in [-0.15, -0.1) is 0 Å². The smallest absolute Gasteiger partial charge is 0.0991 e. The van der Waals surface area contributed by atoms with Gasteiger partial charge in [-0.25, -0.2) is 9.97 Å². The van der Waals surface area contributed by atoms with Crippen molar-refractivity contribution in [2.75, 3.05) is 0 Å². The lowest BCUT2D eigenvalue weighted by Gasteiger charge is -2.04. The number of pyridine rings is 2. The fraction of sp³-hybridized carbons (Fsp3) is 0. The fourth-order valence-electron chi connectivity index (χ4n) is 4.10. The molecule has 6 nitrogen and oxygen atoms in total. The van der Waals surface area contributed by atoms with E-state index in [2.05, 4.69) is 105 Å². The number of imidazole rings is 2. The van der Waals surface area contributed by atoms with Gasteiger partial charge >= 0.3 is 0 Å². The molecule has 0 aliphatic carbocycles. The van der Waals surface area contributed by atoms with Crippen molar-refractivity contribution >= 4 is 24.3 Å². The molecule has 2 aromatic carbocycles. The molecule has 0 atom stereocenters. The zero-order valence-electron chi connectivity index (χ0n) is 20.5. The van der Waals surface area contributed by atoms with Gasteiger partial charge in [0.05, 0.1) is 24.0 Å². The van der Waals surface area contributed by atoms with E-state index >= 15 is 0 Å². The average Bonchev–Trinajstić information content (AvgIpc) is 3.72. The number of rotatable bonds is 7. The highest BCUT2D eigenvalue weighted by Crippen LogP contribution is 2.20. The first-order valence-corrected chi connectivity index (χ1v) is 12.3. The second-order valence-electron chi connectivity index (χ2n) is 8.74. The second-order valence-corrected chi connectivity index (χ2v) is 8.74. The summed E-state index contributed by atoms with van der Waals surface area (Å²) >= 11 is 0. The largest absolute Gasteiger partial charge is 0.306 e. The van der Waals surface area contributed by atoms with Crippen molar-refractivity contribution in [3.63, 3.8) is 0 Å². The van der Waals surface area contributed by atoms with E-state index < -0.39 is 0 Å². The lowest BCUT2D eigenvalue weighted by Crippen LogP contribution is -1.89. The van der Waals surface area contributed by atoms with Crippen LogP contribution in [0.2, 0.25) is 0 Å². The summed E-state index contributed by atoms with van der Waals surface area (Å²) in [5.74, 6) is 0. The lowest BCUT2D eigenvalue weighted by atomic mass is 10.1. The normalized spacial score (nSPS) is 11.5. The maximum atomic E-state index is 4.56. The molecule has 6 aromatic rings. The Bertz CT molecular complexity index is 1550. The van der Waals surface area contributed by atoms with Crippen LogP contribution >= 0.6 is 0 Å². The summed E-state index contributed by atoms with van der Waals surface area (Å²) in [6, 6.07) is 24.8. The van der Waals surface area contributed by atoms with E-state index in [4.69, 9.17) is 0 Å². The molecule has 0 N–H and O–H groups in total. The van der Waals surface area contributed by atoms with Crippen LogP contribution in [0.1, 0.15) is 22.3 Å². The van der Waals surface area contributed by atoms with Gasteiger partial charge in [0.15, 0.2) is 0 Å². The van der Waals surface area contributed by atoms with Crippen molar-refractivity contribution in [3.8, 4) is 22.8 Å². The van der Waals surface area contributed by atoms with E-state index in [1.807, 2.05) is 46.1 Å². The number of hydrogen-bond acceptors (Lipinski definition) is 4. The van der Waals surface area contributed by atoms with Gasteiger partial charge in [-0.3, -0.25) is 9.97 Å². The molecule has 0 radical (unpaired) electrons. The third-order valence-electron chi connectivity index (χ3n) is 6.16. The van der Waals surface area contributed by atoms with Crippen molar-refractivity contribution < 1.29 is 0 Å². The minimum Gasteiger partial charge on any atom is -0.306 e. The maximum Gasteiger partial charge on any atom is 0.0991 e. The molecule has 4 heterocycles. The van der Waals surface area contributed by atoms with E-state index in [0.717, 1.165) is 45.0 Å². The van der Waals surface area contributed by atoms with Crippen LogP contribution in [0.25, 0.3) is 47.1 Å². The van der Waals surface area contributed by atoms with Gasteiger partial charge in [-0.1, -0.05) is 48.6 Å². The predicted octanol–water partition coefficient (Wildman–Crippen LogP) is 6.86. The van der Waals surface area contributed by atoms with E-state index in [1.165, 1.54) is 0 Å². The molecular weight excluding hydrogens is 468 g/mol. The van der Waals surface area contributed by atoms with Crippen LogP contribution in [0.4, 0.5) is 0 Å². The first-order valence-electron chi connectivity index (χ1n) is 12.3. The van der Waals surface area contributed by atoms with Gasteiger partial charge in [0.25, 0.3) is 0 Å². The molecule has 0 amide bonds. The Morgan fingerprint density at radius 3 is 1.26 bits per heavy atom. The first-order chi connectivity index (χ1) is 18.8. The summed E-state index contributed by atoms with van der Waals surface area (Å²) in [6.07, 6.45) is 23.0. The van der Waals surface area contributed by atoms with Gasteiger partial charge < -0.3 is 9.13 Å². The summed E-state index contributed by atoms with van der Waals surface area (Å²) < 4.78 is 3.97. The summed E-state index contributed by atoms with van der Waals surface area (Å²) in [7, 11) is 0. The second kappa shape index (κ2) is 10.7. The molecule has 182 valence electrons. The first kappa shape index (κ1) is 23.1. The average molecular weight is 493 g/mol. The van der Waals surface area contributed by atoms with Gasteiger partial charge in [0, 0.05) is 48.6 Å². The number of hydrogen-bond donors (Lipinski definition) is 0. The molecule has 0 fully saturated rings. The van der Waals surface area contributed by atoms with E-state index in [1.54, 1.807) is 25.0 Å². The van der Waals surface area contributed by atoms with Crippen LogP contribution in [0, 0.1) is 0 Å². The van der Waals surface area contributed by atoms with Crippen molar-refractivity contribution in [1.29, 1.82) is 0 Å². The standard InChI is InChI=1S/C32H24N6/c1(25-5-9-29(10-6-25)37-19-17-33-23-37)3-27-13-15-35-31(21-27)32-22-28(14-16-36-32)4-2-26-7-11-30(12-8-26)38-20-18-34-24-38/h1-24H/b3-1+,4-2+. The third-order valence-corrected chi connectivity index (χ3v) is 6.16. The zero-order chi connectivity index (χ0) is 25.6. The third kappa shape index (κ3) is 5.39. The minimum absolute atomic E-state index is 0.836. The Morgan fingerprint density at radius 2 is 0.868 bits per heavy atom. The lowest BCUT2D eigenvalue weighted by molar-refractivity contribution is 1.06. The van der Waals surface area contributed by atoms with Gasteiger partial charge in [0.2, 0.25) is 0 Å². The van der Waals surface area contributed by atoms with E-state index in [-0.39, 0.29) is 0 Å². The maximum absolute atomic E-state index is 4.56. The molecule has 38 heavy (non-hydrogen) atoms. The minimum atomic E-state index is 0.836. The molecular formula is C32H24N6. The van der Waals surface area contributed by atoms with Gasteiger partial charge in [-0.05, 0) is 70.8 Å². The van der Waals surface area contributed by atoms with Gasteiger partial charge in [0.1, 0.15) is 0 Å². The molecule has 0 saturated heterocycles. The van der Waals surface area contributed by atoms with Gasteiger partial charge in [-0.2, -0.15) is 0 Å². The van der Waals surface area contributed by atoms with Crippen LogP contribution < -0.4 is 0 Å². The van der Waals surface area contributed by atoms with Crippen molar-refractivity contribution in [2.45, 2.75) is 0 Å². The highest BCUT2D eigenvalue weighted by Gasteiger charge is 2.03. The fourth-order valence-corrected chi connectivity index (χ4v) is 4.10. The Kier molecular flexibility index (Phi) is 6.51. The number of nitrogens with zero attached hydrogens (tertiary/aromatic N) is 6. The van der Waals surface area contributed by atoms with Crippen LogP contribution in [-0.2, 0) is 0 Å². The van der Waals surface area contributed by atoms with Crippen LogP contribution in [-0.4, -0.2) is 29.1 Å². The van der Waals surface area contributed by atoms with E-state index in [0.29, 0.717) is 0 Å². The summed E-state index contributed by atoms with van der Waals surface area (Å²) in [6.45, 7) is 0. The quantitative estimate of drug-likeness (QED) is 0.244. The SMILES string of the molecule is C(=C\c1ccnc(-c2cc(/C=C/c3ccc(-n4ccnc4)cc3)ccn2)c1)/c1ccc(-n2ccnc2)cc1. The van der Waals surface area contributed by atoms with E-state index in [9.17, 15) is 0 Å². The van der Waals surface area contributed by atoms with Crippen LogP contribution in [0.3, 0.4) is 0 Å². The van der Waals surface area contributed by atoms with Crippen molar-refractivity contribution in [2.24, 2.45) is 0 Å². The Hall–Kier alpha value is -5.36. The highest BCUT2D eigenvalue weighted by molar-refractivity contribution is 5.74. The topological polar surface area (TPSA) is 61.4 Å². The Morgan fingerprint density at radius 1 is 0.447 bits per heavy atom. The molecule has 0 unspecified atom stereocenters. The highest BCUT2D eigenvalue weighted by atomic mass is 15.0. The summed E-state index contributed by atoms with van der Waals surface area (Å²) in [5, 5.41) is 0. The monoisotopic (exact) mass is 492 g/mol. The predicted molar refractivity (Wildman–Crippen MR) is 152 cm³/mol. The molecule has 0 bridgehead atoms. The Balaban J connectivity index is 1.15. The van der Waals surface area contributed by atoms with Crippen LogP contribution in [0.5, 0.6) is 0 Å². The molecule has 0 spiro atoms. The molecule has 6 heteroatoms. The Labute approximate surface area is 221 Å². The molecule has 0 saturated carbocycles. The molecule has 0 aliphatic rings. The summed E-state index contributed by atoms with van der Waals surface area (Å²) in [5.41, 5.74) is 8.20. The zero-order valence-corrected chi connectivity index (χ0v) is 20.5. The van der Waals surface area contributed by atoms with Crippen molar-refractivity contribution in [1.82, 2.24) is 29.1 Å². The summed E-state index contributed by atoms with van der Waals surface area (Å²) in [4.78, 5) is 17.3. The molecule has 4 aromatic heterocycles. The molecule has 6 rings (SSSR count). The van der Waals surface area contributed by atoms with Crippen LogP contribution in [0.15, 0.2) is 123 Å².